The van der Waals surface area contributed by atoms with Crippen molar-refractivity contribution in [2.45, 2.75) is 85.0 Å². The fourth-order valence-electron chi connectivity index (χ4n) is 8.24. The predicted octanol–water partition coefficient (Wildman–Crippen LogP) is 16.3. The first kappa shape index (κ1) is 24.9. The molecular formula is C61H59N3O. The van der Waals surface area contributed by atoms with Gasteiger partial charge in [0.2, 0.25) is 0 Å². The molecule has 7 aromatic carbocycles. The second-order valence-corrected chi connectivity index (χ2v) is 17.4. The highest BCUT2D eigenvalue weighted by Gasteiger charge is 2.29. The highest BCUT2D eigenvalue weighted by atomic mass is 16.3. The van der Waals surface area contributed by atoms with Crippen molar-refractivity contribution in [2.75, 3.05) is 0 Å². The van der Waals surface area contributed by atoms with Crippen LogP contribution in [0.25, 0.3) is 83.9 Å². The average Bonchev–Trinajstić information content (AvgIpc) is 0.775. The van der Waals surface area contributed by atoms with Gasteiger partial charge < -0.3 is 5.11 Å². The zero-order chi connectivity index (χ0) is 63.3. The number of benzene rings is 7. The number of aromatic hydroxyl groups is 1. The van der Waals surface area contributed by atoms with Crippen molar-refractivity contribution >= 4 is 11.0 Å². The molecule has 0 aliphatic heterocycles. The number of imidazole rings is 1. The van der Waals surface area contributed by atoms with E-state index in [0.717, 1.165) is 27.8 Å². The molecule has 2 aromatic heterocycles. The van der Waals surface area contributed by atoms with Crippen LogP contribution in [-0.4, -0.2) is 19.6 Å². The predicted molar refractivity (Wildman–Crippen MR) is 274 cm³/mol. The molecule has 4 heteroatoms. The van der Waals surface area contributed by atoms with Crippen molar-refractivity contribution in [1.82, 2.24) is 14.5 Å². The summed E-state index contributed by atoms with van der Waals surface area (Å²) in [6, 6.07) is 46.2. The van der Waals surface area contributed by atoms with Gasteiger partial charge in [0, 0.05) is 57.4 Å². The van der Waals surface area contributed by atoms with Crippen LogP contribution in [0.15, 0.2) is 170 Å². The zero-order valence-corrected chi connectivity index (χ0v) is 36.0. The number of pyridine rings is 1. The minimum atomic E-state index is -4.21. The molecule has 0 aliphatic carbocycles. The van der Waals surface area contributed by atoms with Gasteiger partial charge >= 0.3 is 0 Å². The van der Waals surface area contributed by atoms with Gasteiger partial charge in [0.05, 0.1) is 22.3 Å². The number of hydrogen-bond acceptors (Lipinski definition) is 3. The zero-order valence-electron chi connectivity index (χ0n) is 57.0. The van der Waals surface area contributed by atoms with E-state index < -0.39 is 92.5 Å². The first-order chi connectivity index (χ1) is 39.6. The lowest BCUT2D eigenvalue weighted by atomic mass is 9.79. The van der Waals surface area contributed by atoms with Crippen LogP contribution in [0.5, 0.6) is 5.75 Å². The number of hydrogen-bond donors (Lipinski definition) is 1. The lowest BCUT2D eigenvalue weighted by Gasteiger charge is -2.27. The average molecular weight is 871 g/mol. The largest absolute Gasteiger partial charge is 0.507 e. The lowest BCUT2D eigenvalue weighted by molar-refractivity contribution is 0.446. The standard InChI is InChI=1S/C61H59N3O/c1-39-32-49(28-29-50(39)43-20-15-12-16-21-43)64-55-23-17-22-51(56(55)63-58(64)52-37-48(60(5,6)7)38-53(57(52)65)61(8,9)10)45-33-46(35-47(34-45)59(2,3)4)54-36-44(30-31-62-54)42-26-24-41(25-27-42)40-18-13-11-14-19-40/h11-38,65H,1-10H3/i1D3,5D3,6D3,7D3,8D3,9D3,10D3. The monoisotopic (exact) mass is 871 g/mol. The maximum Gasteiger partial charge on any atom is 0.149 e. The van der Waals surface area contributed by atoms with Gasteiger partial charge in [0.1, 0.15) is 11.6 Å². The summed E-state index contributed by atoms with van der Waals surface area (Å²) >= 11 is 0. The SMILES string of the molecule is [2H]C([2H])([2H])c1cc(-n2c(-c3cc(C(C([2H])([2H])[2H])(C([2H])([2H])[2H])C([2H])([2H])[2H])cc(C(C([2H])([2H])[2H])(C([2H])([2H])[2H])C([2H])([2H])[2H])c3O)nc3c(-c4cc(-c5cc(-c6ccc(-c7ccccc7)cc6)ccn5)cc(C(C)(C)C)c4)cccc32)ccc1-c1ccccc1. The van der Waals surface area contributed by atoms with Crippen molar-refractivity contribution in [3.05, 3.63) is 192 Å². The van der Waals surface area contributed by atoms with Crippen LogP contribution >= 0.6 is 0 Å². The molecule has 0 radical (unpaired) electrons. The molecule has 324 valence electrons. The molecule has 0 bridgehead atoms. The third-order valence-electron chi connectivity index (χ3n) is 11.7. The van der Waals surface area contributed by atoms with Gasteiger partial charge in [-0.05, 0) is 127 Å². The number of phenolic OH excluding ortho intramolecular Hbond substituents is 1. The fourth-order valence-corrected chi connectivity index (χ4v) is 8.24. The molecule has 65 heavy (non-hydrogen) atoms. The van der Waals surface area contributed by atoms with Gasteiger partial charge in [-0.3, -0.25) is 9.55 Å². The Hall–Kier alpha value is -7.04. The molecule has 2 heterocycles. The second kappa shape index (κ2) is 16.5. The van der Waals surface area contributed by atoms with E-state index in [9.17, 15) is 5.11 Å². The normalized spacial score (nSPS) is 18.4. The third-order valence-corrected chi connectivity index (χ3v) is 11.7. The summed E-state index contributed by atoms with van der Waals surface area (Å²) in [6.45, 7) is -21.7. The summed E-state index contributed by atoms with van der Waals surface area (Å²) in [6.07, 6.45) is 1.69. The first-order valence-electron chi connectivity index (χ1n) is 31.5. The van der Waals surface area contributed by atoms with Crippen LogP contribution in [0.3, 0.4) is 0 Å². The highest BCUT2D eigenvalue weighted by molar-refractivity contribution is 5.97. The molecule has 9 aromatic rings. The van der Waals surface area contributed by atoms with E-state index in [1.807, 2.05) is 106 Å². The summed E-state index contributed by atoms with van der Waals surface area (Å²) in [5, 5.41) is 13.0. The Kier molecular flexibility index (Phi) is 6.31. The van der Waals surface area contributed by atoms with E-state index in [0.29, 0.717) is 34.0 Å². The van der Waals surface area contributed by atoms with Crippen molar-refractivity contribution < 1.29 is 33.9 Å². The van der Waals surface area contributed by atoms with E-state index in [1.54, 1.807) is 54.7 Å². The van der Waals surface area contributed by atoms with E-state index >= 15 is 0 Å². The number of phenols is 1. The topological polar surface area (TPSA) is 50.9 Å². The number of fused-ring (bicyclic) bond motifs is 1. The molecule has 0 saturated heterocycles. The molecule has 1 N–H and O–H groups in total. The van der Waals surface area contributed by atoms with Crippen LogP contribution in [0.4, 0.5) is 0 Å². The Morgan fingerprint density at radius 2 is 1.14 bits per heavy atom. The fraction of sp³-hybridized carbons (Fsp3) is 0.213. The Morgan fingerprint density at radius 3 is 1.82 bits per heavy atom. The Morgan fingerprint density at radius 1 is 0.492 bits per heavy atom. The summed E-state index contributed by atoms with van der Waals surface area (Å²) in [7, 11) is 0. The Labute approximate surface area is 414 Å². The molecule has 0 aliphatic rings. The molecule has 0 unspecified atom stereocenters. The number of nitrogens with zero attached hydrogens (tertiary/aromatic N) is 3. The van der Waals surface area contributed by atoms with Crippen molar-refractivity contribution in [1.29, 1.82) is 0 Å². The van der Waals surface area contributed by atoms with Crippen LogP contribution in [0, 0.1) is 6.85 Å². The molecule has 0 spiro atoms. The van der Waals surface area contributed by atoms with E-state index in [4.69, 9.17) is 38.8 Å². The summed E-state index contributed by atoms with van der Waals surface area (Å²) < 4.78 is 185. The smallest absolute Gasteiger partial charge is 0.149 e. The van der Waals surface area contributed by atoms with Crippen molar-refractivity contribution in [3.63, 3.8) is 0 Å². The Bertz CT molecular complexity index is 3920. The van der Waals surface area contributed by atoms with Gasteiger partial charge in [-0.2, -0.15) is 0 Å². The maximum atomic E-state index is 13.0. The van der Waals surface area contributed by atoms with Gasteiger partial charge in [0.25, 0.3) is 0 Å². The Balaban J connectivity index is 1.42. The van der Waals surface area contributed by atoms with Gasteiger partial charge in [-0.25, -0.2) is 4.98 Å². The number of para-hydroxylation sites is 1. The second-order valence-electron chi connectivity index (χ2n) is 17.4. The van der Waals surface area contributed by atoms with E-state index in [-0.39, 0.29) is 33.9 Å². The summed E-state index contributed by atoms with van der Waals surface area (Å²) in [5.41, 5.74) is -5.12. The minimum absolute atomic E-state index is 0.0405. The van der Waals surface area contributed by atoms with Crippen LogP contribution in [0.2, 0.25) is 0 Å². The van der Waals surface area contributed by atoms with Gasteiger partial charge in [-0.15, -0.1) is 0 Å². The maximum absolute atomic E-state index is 13.0. The van der Waals surface area contributed by atoms with Gasteiger partial charge in [0.15, 0.2) is 0 Å². The molecule has 9 rings (SSSR count). The summed E-state index contributed by atoms with van der Waals surface area (Å²) in [4.78, 5) is 9.88. The minimum Gasteiger partial charge on any atom is -0.507 e. The van der Waals surface area contributed by atoms with Gasteiger partial charge in [-0.1, -0.05) is 177 Å². The summed E-state index contributed by atoms with van der Waals surface area (Å²) in [5.74, 6) is -2.04. The molecule has 0 atom stereocenters. The lowest BCUT2D eigenvalue weighted by Crippen LogP contribution is -2.17. The highest BCUT2D eigenvalue weighted by Crippen LogP contribution is 2.45. The third kappa shape index (κ3) is 8.54. The molecule has 4 nitrogen and oxygen atoms in total. The first-order valence-corrected chi connectivity index (χ1v) is 21.0. The van der Waals surface area contributed by atoms with Crippen LogP contribution in [-0.2, 0) is 16.2 Å². The van der Waals surface area contributed by atoms with Crippen molar-refractivity contribution in [2.24, 2.45) is 0 Å². The van der Waals surface area contributed by atoms with E-state index in [1.165, 1.54) is 22.8 Å². The van der Waals surface area contributed by atoms with Crippen molar-refractivity contribution in [3.8, 4) is 78.6 Å². The van der Waals surface area contributed by atoms with E-state index in [2.05, 4.69) is 0 Å². The molecule has 0 amide bonds. The molecule has 0 fully saturated rings. The van der Waals surface area contributed by atoms with Crippen LogP contribution in [0.1, 0.15) is 113 Å². The quantitative estimate of drug-likeness (QED) is 0.174. The molecule has 0 saturated carbocycles. The number of aryl methyl sites for hydroxylation is 1. The number of aromatic nitrogens is 3. The number of rotatable bonds is 7. The van der Waals surface area contributed by atoms with Crippen LogP contribution < -0.4 is 0 Å². The molecular weight excluding hydrogens is 791 g/mol.